The average Bonchev–Trinajstić information content (AvgIpc) is 2.75. The molecule has 0 aromatic carbocycles. The first kappa shape index (κ1) is 7.17. The van der Waals surface area contributed by atoms with Crippen LogP contribution in [0.15, 0.2) is 17.9 Å². The van der Waals surface area contributed by atoms with Crippen LogP contribution in [-0.4, -0.2) is 21.2 Å². The third-order valence-corrected chi connectivity index (χ3v) is 2.17. The van der Waals surface area contributed by atoms with E-state index in [2.05, 4.69) is 15.0 Å². The zero-order chi connectivity index (χ0) is 8.39. The van der Waals surface area contributed by atoms with Gasteiger partial charge in [0.1, 0.15) is 5.82 Å². The average molecular weight is 179 g/mol. The molecule has 0 saturated heterocycles. The SMILES string of the molecule is O=Cc1cnc(-c2cncs2)[nH]1. The molecule has 4 nitrogen and oxygen atoms in total. The Morgan fingerprint density at radius 3 is 3.00 bits per heavy atom. The number of aldehydes is 1. The maximum absolute atomic E-state index is 10.3. The highest BCUT2D eigenvalue weighted by Crippen LogP contribution is 2.18. The van der Waals surface area contributed by atoms with Crippen LogP contribution in [0.4, 0.5) is 0 Å². The lowest BCUT2D eigenvalue weighted by Crippen LogP contribution is -1.77. The Balaban J connectivity index is 2.41. The molecule has 1 N–H and O–H groups in total. The van der Waals surface area contributed by atoms with Gasteiger partial charge in [0.2, 0.25) is 0 Å². The number of hydrogen-bond donors (Lipinski definition) is 1. The van der Waals surface area contributed by atoms with Gasteiger partial charge in [-0.15, -0.1) is 11.3 Å². The molecule has 0 aliphatic carbocycles. The standard InChI is InChI=1S/C7H5N3OS/c11-3-5-1-9-7(10-5)6-2-8-4-12-6/h1-4H,(H,9,10). The van der Waals surface area contributed by atoms with E-state index >= 15 is 0 Å². The van der Waals surface area contributed by atoms with Gasteiger partial charge in [0.15, 0.2) is 6.29 Å². The quantitative estimate of drug-likeness (QED) is 0.708. The lowest BCUT2D eigenvalue weighted by Gasteiger charge is -1.85. The molecule has 0 saturated carbocycles. The van der Waals surface area contributed by atoms with Gasteiger partial charge in [-0.05, 0) is 0 Å². The lowest BCUT2D eigenvalue weighted by atomic mass is 10.5. The third-order valence-electron chi connectivity index (χ3n) is 1.39. The van der Waals surface area contributed by atoms with Crippen LogP contribution in [0.25, 0.3) is 10.7 Å². The Morgan fingerprint density at radius 1 is 1.50 bits per heavy atom. The molecule has 0 amide bonds. The van der Waals surface area contributed by atoms with Crippen LogP contribution in [0.1, 0.15) is 10.5 Å². The number of carbonyl (C=O) groups is 1. The van der Waals surface area contributed by atoms with E-state index in [1.165, 1.54) is 17.5 Å². The van der Waals surface area contributed by atoms with Gasteiger partial charge in [0.05, 0.1) is 22.3 Å². The van der Waals surface area contributed by atoms with E-state index in [0.717, 1.165) is 11.2 Å². The van der Waals surface area contributed by atoms with E-state index in [1.807, 2.05) is 0 Å². The smallest absolute Gasteiger partial charge is 0.167 e. The number of nitrogens with zero attached hydrogens (tertiary/aromatic N) is 2. The molecule has 12 heavy (non-hydrogen) atoms. The van der Waals surface area contributed by atoms with Gasteiger partial charge >= 0.3 is 0 Å². The summed E-state index contributed by atoms with van der Waals surface area (Å²) in [7, 11) is 0. The Bertz CT molecular complexity index is 379. The van der Waals surface area contributed by atoms with Crippen molar-refractivity contribution >= 4 is 17.6 Å². The summed E-state index contributed by atoms with van der Waals surface area (Å²) in [4.78, 5) is 22.0. The summed E-state index contributed by atoms with van der Waals surface area (Å²) in [6, 6.07) is 0. The van der Waals surface area contributed by atoms with Crippen LogP contribution < -0.4 is 0 Å². The molecule has 5 heteroatoms. The fraction of sp³-hybridized carbons (Fsp3) is 0. The topological polar surface area (TPSA) is 58.6 Å². The fourth-order valence-electron chi connectivity index (χ4n) is 0.853. The minimum atomic E-state index is 0.485. The van der Waals surface area contributed by atoms with E-state index in [9.17, 15) is 4.79 Å². The van der Waals surface area contributed by atoms with Gasteiger partial charge in [0.25, 0.3) is 0 Å². The summed E-state index contributed by atoms with van der Waals surface area (Å²) >= 11 is 1.48. The zero-order valence-electron chi connectivity index (χ0n) is 6.02. The molecule has 0 atom stereocenters. The second-order valence-corrected chi connectivity index (χ2v) is 3.06. The fourth-order valence-corrected chi connectivity index (χ4v) is 1.43. The highest BCUT2D eigenvalue weighted by Gasteiger charge is 2.03. The van der Waals surface area contributed by atoms with Crippen molar-refractivity contribution in [2.75, 3.05) is 0 Å². The first-order valence-corrected chi connectivity index (χ1v) is 4.17. The van der Waals surface area contributed by atoms with Crippen molar-refractivity contribution in [3.63, 3.8) is 0 Å². The van der Waals surface area contributed by atoms with Gasteiger partial charge in [0, 0.05) is 6.20 Å². The van der Waals surface area contributed by atoms with Gasteiger partial charge < -0.3 is 4.98 Å². The first-order chi connectivity index (χ1) is 5.90. The molecule has 0 aliphatic rings. The minimum absolute atomic E-state index is 0.485. The maximum atomic E-state index is 10.3. The monoisotopic (exact) mass is 179 g/mol. The number of imidazole rings is 1. The molecular weight excluding hydrogens is 174 g/mol. The van der Waals surface area contributed by atoms with Crippen LogP contribution in [0.5, 0.6) is 0 Å². The second-order valence-electron chi connectivity index (χ2n) is 2.17. The van der Waals surface area contributed by atoms with E-state index in [-0.39, 0.29) is 0 Å². The molecule has 2 aromatic heterocycles. The molecule has 0 unspecified atom stereocenters. The summed E-state index contributed by atoms with van der Waals surface area (Å²) in [5.41, 5.74) is 2.21. The van der Waals surface area contributed by atoms with Crippen LogP contribution in [-0.2, 0) is 0 Å². The third kappa shape index (κ3) is 1.14. The molecule has 0 radical (unpaired) electrons. The number of nitrogens with one attached hydrogen (secondary N) is 1. The van der Waals surface area contributed by atoms with Gasteiger partial charge in [-0.1, -0.05) is 0 Å². The highest BCUT2D eigenvalue weighted by molar-refractivity contribution is 7.13. The number of carbonyl (C=O) groups excluding carboxylic acids is 1. The summed E-state index contributed by atoms with van der Waals surface area (Å²) in [6.07, 6.45) is 3.94. The zero-order valence-corrected chi connectivity index (χ0v) is 6.84. The van der Waals surface area contributed by atoms with Crippen molar-refractivity contribution in [3.05, 3.63) is 23.6 Å². The van der Waals surface area contributed by atoms with Crippen molar-refractivity contribution in [2.24, 2.45) is 0 Å². The maximum Gasteiger partial charge on any atom is 0.167 e. The molecule has 2 heterocycles. The molecule has 0 bridgehead atoms. The van der Waals surface area contributed by atoms with Gasteiger partial charge in [-0.2, -0.15) is 0 Å². The summed E-state index contributed by atoms with van der Waals surface area (Å²) in [5, 5.41) is 0. The van der Waals surface area contributed by atoms with E-state index in [1.54, 1.807) is 11.7 Å². The highest BCUT2D eigenvalue weighted by atomic mass is 32.1. The van der Waals surface area contributed by atoms with Crippen LogP contribution >= 0.6 is 11.3 Å². The van der Waals surface area contributed by atoms with E-state index < -0.39 is 0 Å². The number of rotatable bonds is 2. The van der Waals surface area contributed by atoms with Crippen molar-refractivity contribution in [1.82, 2.24) is 15.0 Å². The molecule has 0 spiro atoms. The summed E-state index contributed by atoms with van der Waals surface area (Å²) < 4.78 is 0. The number of aromatic amines is 1. The predicted octanol–water partition coefficient (Wildman–Crippen LogP) is 1.35. The van der Waals surface area contributed by atoms with Crippen LogP contribution in [0.3, 0.4) is 0 Å². The Labute approximate surface area is 72.3 Å². The summed E-state index contributed by atoms with van der Waals surface area (Å²) in [6.45, 7) is 0. The van der Waals surface area contributed by atoms with Crippen molar-refractivity contribution in [1.29, 1.82) is 0 Å². The largest absolute Gasteiger partial charge is 0.335 e. The normalized spacial score (nSPS) is 10.0. The van der Waals surface area contributed by atoms with Crippen LogP contribution in [0, 0.1) is 0 Å². The number of aromatic nitrogens is 3. The molecule has 0 aliphatic heterocycles. The molecule has 2 rings (SSSR count). The number of H-pyrrole nitrogens is 1. The predicted molar refractivity (Wildman–Crippen MR) is 45.1 cm³/mol. The lowest BCUT2D eigenvalue weighted by molar-refractivity contribution is 0.111. The molecule has 60 valence electrons. The summed E-state index contributed by atoms with van der Waals surface area (Å²) in [5.74, 6) is 0.694. The van der Waals surface area contributed by atoms with Crippen molar-refractivity contribution in [3.8, 4) is 10.7 Å². The van der Waals surface area contributed by atoms with Gasteiger partial charge in [-0.3, -0.25) is 9.78 Å². The minimum Gasteiger partial charge on any atom is -0.335 e. The first-order valence-electron chi connectivity index (χ1n) is 3.29. The van der Waals surface area contributed by atoms with E-state index in [0.29, 0.717) is 11.5 Å². The molecule has 0 fully saturated rings. The van der Waals surface area contributed by atoms with Crippen molar-refractivity contribution < 1.29 is 4.79 Å². The van der Waals surface area contributed by atoms with Crippen LogP contribution in [0.2, 0.25) is 0 Å². The Morgan fingerprint density at radius 2 is 2.42 bits per heavy atom. The van der Waals surface area contributed by atoms with E-state index in [4.69, 9.17) is 0 Å². The number of hydrogen-bond acceptors (Lipinski definition) is 4. The van der Waals surface area contributed by atoms with Gasteiger partial charge in [-0.25, -0.2) is 4.98 Å². The van der Waals surface area contributed by atoms with Crippen molar-refractivity contribution in [2.45, 2.75) is 0 Å². The molecule has 2 aromatic rings. The Hall–Kier alpha value is -1.49. The number of thiazole rings is 1. The second kappa shape index (κ2) is 2.86. The Kier molecular flexibility index (Phi) is 1.71. The molecular formula is C7H5N3OS.